The summed E-state index contributed by atoms with van der Waals surface area (Å²) < 4.78 is 6.96. The number of ether oxygens (including phenoxy) is 1. The summed E-state index contributed by atoms with van der Waals surface area (Å²) in [4.78, 5) is 25.9. The van der Waals surface area contributed by atoms with Gasteiger partial charge in [0.2, 0.25) is 11.1 Å². The number of primary amides is 1. The number of nitrogens with two attached hydrogens (primary N) is 1. The Morgan fingerprint density at radius 1 is 1.41 bits per heavy atom. The Morgan fingerprint density at radius 3 is 2.97 bits per heavy atom. The van der Waals surface area contributed by atoms with E-state index in [0.29, 0.717) is 33.1 Å². The van der Waals surface area contributed by atoms with Gasteiger partial charge in [0.05, 0.1) is 18.4 Å². The minimum Gasteiger partial charge on any atom is -0.494 e. The molecule has 2 aromatic heterocycles. The lowest BCUT2D eigenvalue weighted by atomic mass is 9.88. The number of benzene rings is 1. The summed E-state index contributed by atoms with van der Waals surface area (Å²) in [5.41, 5.74) is 8.79. The number of carbonyl (C=O) groups is 2. The molecular weight excluding hydrogens is 448 g/mol. The maximum atomic E-state index is 12.7. The Balaban J connectivity index is 1.50. The topological polar surface area (TPSA) is 125 Å². The minimum atomic E-state index is -0.504. The van der Waals surface area contributed by atoms with Gasteiger partial charge in [-0.25, -0.2) is 0 Å². The largest absolute Gasteiger partial charge is 0.494 e. The van der Waals surface area contributed by atoms with Crippen molar-refractivity contribution in [3.05, 3.63) is 39.8 Å². The van der Waals surface area contributed by atoms with Crippen LogP contribution < -0.4 is 15.8 Å². The van der Waals surface area contributed by atoms with Crippen molar-refractivity contribution in [3.8, 4) is 11.4 Å². The molecule has 4 rings (SSSR count). The Bertz CT molecular complexity index is 1170. The number of methoxy groups -OCH3 is 1. The van der Waals surface area contributed by atoms with Crippen molar-refractivity contribution in [1.29, 1.82) is 0 Å². The van der Waals surface area contributed by atoms with Crippen molar-refractivity contribution in [2.45, 2.75) is 38.3 Å². The van der Waals surface area contributed by atoms with E-state index in [9.17, 15) is 9.59 Å². The normalized spacial score (nSPS) is 15.3. The molecule has 1 atom stereocenters. The fourth-order valence-electron chi connectivity index (χ4n) is 3.78. The molecule has 0 fully saturated rings. The first-order valence-corrected chi connectivity index (χ1v) is 12.0. The molecule has 0 saturated heterocycles. The average molecular weight is 473 g/mol. The summed E-state index contributed by atoms with van der Waals surface area (Å²) in [5.74, 6) is 0.494. The van der Waals surface area contributed by atoms with Crippen molar-refractivity contribution < 1.29 is 14.3 Å². The molecule has 0 radical (unpaired) electrons. The van der Waals surface area contributed by atoms with Gasteiger partial charge in [0, 0.05) is 4.88 Å². The van der Waals surface area contributed by atoms with Crippen molar-refractivity contribution in [2.24, 2.45) is 11.7 Å². The predicted octanol–water partition coefficient (Wildman–Crippen LogP) is 3.00. The monoisotopic (exact) mass is 472 g/mol. The molecule has 1 aromatic carbocycles. The van der Waals surface area contributed by atoms with Crippen LogP contribution in [0.15, 0.2) is 23.4 Å². The number of rotatable bonds is 7. The second-order valence-corrected chi connectivity index (χ2v) is 9.85. The average Bonchev–Trinajstić information content (AvgIpc) is 3.35. The van der Waals surface area contributed by atoms with Crippen molar-refractivity contribution >= 4 is 39.9 Å². The lowest BCUT2D eigenvalue weighted by Gasteiger charge is -2.18. The van der Waals surface area contributed by atoms with E-state index >= 15 is 0 Å². The lowest BCUT2D eigenvalue weighted by molar-refractivity contribution is -0.113. The number of anilines is 1. The van der Waals surface area contributed by atoms with Gasteiger partial charge < -0.3 is 15.8 Å². The molecule has 3 N–H and O–H groups in total. The van der Waals surface area contributed by atoms with E-state index in [4.69, 9.17) is 10.5 Å². The van der Waals surface area contributed by atoms with Gasteiger partial charge in [-0.05, 0) is 65.8 Å². The predicted molar refractivity (Wildman–Crippen MR) is 124 cm³/mol. The second kappa shape index (κ2) is 9.29. The Morgan fingerprint density at radius 2 is 2.22 bits per heavy atom. The quantitative estimate of drug-likeness (QED) is 0.506. The number of nitrogens with zero attached hydrogens (tertiary/aromatic N) is 4. The third kappa shape index (κ3) is 4.49. The van der Waals surface area contributed by atoms with E-state index in [1.54, 1.807) is 11.8 Å². The van der Waals surface area contributed by atoms with Crippen LogP contribution in [0.2, 0.25) is 0 Å². The molecule has 0 unspecified atom stereocenters. The molecule has 0 saturated carbocycles. The summed E-state index contributed by atoms with van der Waals surface area (Å²) >= 11 is 2.65. The highest BCUT2D eigenvalue weighted by Gasteiger charge is 2.27. The number of thiophene rings is 1. The first kappa shape index (κ1) is 22.3. The Labute approximate surface area is 193 Å². The number of carbonyl (C=O) groups excluding carboxylic acids is 2. The molecule has 11 heteroatoms. The molecule has 2 amide bonds. The highest BCUT2D eigenvalue weighted by atomic mass is 32.2. The van der Waals surface area contributed by atoms with Crippen LogP contribution in [0.4, 0.5) is 5.00 Å². The molecule has 3 aromatic rings. The molecule has 2 heterocycles. The van der Waals surface area contributed by atoms with Crippen molar-refractivity contribution in [2.75, 3.05) is 18.2 Å². The second-order valence-electron chi connectivity index (χ2n) is 7.81. The molecule has 0 bridgehead atoms. The van der Waals surface area contributed by atoms with E-state index in [-0.39, 0.29) is 11.7 Å². The van der Waals surface area contributed by atoms with Crippen LogP contribution in [-0.2, 0) is 17.6 Å². The van der Waals surface area contributed by atoms with Crippen LogP contribution in [0.3, 0.4) is 0 Å². The van der Waals surface area contributed by atoms with Gasteiger partial charge >= 0.3 is 0 Å². The fourth-order valence-corrected chi connectivity index (χ4v) is 5.89. The molecule has 1 aliphatic rings. The molecular formula is C21H24N6O3S2. The van der Waals surface area contributed by atoms with Gasteiger partial charge in [-0.2, -0.15) is 4.68 Å². The van der Waals surface area contributed by atoms with Crippen LogP contribution in [0.1, 0.15) is 39.7 Å². The molecule has 32 heavy (non-hydrogen) atoms. The number of fused-ring (bicyclic) bond motifs is 1. The van der Waals surface area contributed by atoms with Gasteiger partial charge in [0.25, 0.3) is 5.91 Å². The molecule has 0 spiro atoms. The zero-order valence-electron chi connectivity index (χ0n) is 18.0. The lowest BCUT2D eigenvalue weighted by Crippen LogP contribution is -2.20. The summed E-state index contributed by atoms with van der Waals surface area (Å²) in [5, 5.41) is 15.7. The van der Waals surface area contributed by atoms with Crippen LogP contribution in [0.25, 0.3) is 5.69 Å². The SMILES string of the molecule is COc1ccc(C)cc1-n1nnnc1SCC(=O)Nc1sc2c(c1C(N)=O)CC[C@@H](C)C2. The van der Waals surface area contributed by atoms with Crippen LogP contribution in [0.5, 0.6) is 5.75 Å². The van der Waals surface area contributed by atoms with E-state index in [0.717, 1.165) is 35.3 Å². The van der Waals surface area contributed by atoms with Crippen molar-refractivity contribution in [1.82, 2.24) is 20.2 Å². The van der Waals surface area contributed by atoms with E-state index in [1.165, 1.54) is 23.1 Å². The van der Waals surface area contributed by atoms with Crippen LogP contribution >= 0.6 is 23.1 Å². The highest BCUT2D eigenvalue weighted by Crippen LogP contribution is 2.39. The summed E-state index contributed by atoms with van der Waals surface area (Å²) in [6.07, 6.45) is 2.72. The zero-order valence-corrected chi connectivity index (χ0v) is 19.7. The smallest absolute Gasteiger partial charge is 0.251 e. The van der Waals surface area contributed by atoms with Crippen molar-refractivity contribution in [3.63, 3.8) is 0 Å². The van der Waals surface area contributed by atoms with E-state index < -0.39 is 5.91 Å². The molecule has 168 valence electrons. The van der Waals surface area contributed by atoms with Gasteiger partial charge in [0.1, 0.15) is 16.4 Å². The first-order chi connectivity index (χ1) is 15.4. The summed E-state index contributed by atoms with van der Waals surface area (Å²) in [7, 11) is 1.58. The number of thioether (sulfide) groups is 1. The first-order valence-electron chi connectivity index (χ1n) is 10.2. The third-order valence-corrected chi connectivity index (χ3v) is 7.44. The summed E-state index contributed by atoms with van der Waals surface area (Å²) in [6.45, 7) is 4.15. The highest BCUT2D eigenvalue weighted by molar-refractivity contribution is 7.99. The maximum Gasteiger partial charge on any atom is 0.251 e. The number of hydrogen-bond donors (Lipinski definition) is 2. The number of aryl methyl sites for hydroxylation is 1. The Kier molecular flexibility index (Phi) is 6.47. The van der Waals surface area contributed by atoms with Gasteiger partial charge in [-0.3, -0.25) is 9.59 Å². The van der Waals surface area contributed by atoms with Gasteiger partial charge in [0.15, 0.2) is 0 Å². The zero-order chi connectivity index (χ0) is 22.8. The van der Waals surface area contributed by atoms with Crippen LogP contribution in [0, 0.1) is 12.8 Å². The number of tetrazole rings is 1. The Hall–Kier alpha value is -2.92. The van der Waals surface area contributed by atoms with Gasteiger partial charge in [-0.15, -0.1) is 16.4 Å². The van der Waals surface area contributed by atoms with E-state index in [2.05, 4.69) is 27.8 Å². The molecule has 9 nitrogen and oxygen atoms in total. The number of amides is 2. The number of hydrogen-bond acceptors (Lipinski definition) is 8. The standard InChI is InChI=1S/C21H24N6O3S2/c1-11-5-7-15(30-3)14(8-11)27-21(24-25-26-27)31-10-17(28)23-20-18(19(22)29)13-6-4-12(2)9-16(13)32-20/h5,7-8,12H,4,6,9-10H2,1-3H3,(H2,22,29)(H,23,28)/t12-/m1/s1. The molecule has 1 aliphatic carbocycles. The number of aromatic nitrogens is 4. The molecule has 0 aliphatic heterocycles. The number of nitrogens with one attached hydrogen (secondary N) is 1. The van der Waals surface area contributed by atoms with E-state index in [1.807, 2.05) is 25.1 Å². The van der Waals surface area contributed by atoms with Gasteiger partial charge in [-0.1, -0.05) is 24.8 Å². The summed E-state index contributed by atoms with van der Waals surface area (Å²) in [6, 6.07) is 5.69. The third-order valence-electron chi connectivity index (χ3n) is 5.35. The fraction of sp³-hybridized carbons (Fsp3) is 0.381. The van der Waals surface area contributed by atoms with Crippen LogP contribution in [-0.4, -0.2) is 44.9 Å². The minimum absolute atomic E-state index is 0.0751. The maximum absolute atomic E-state index is 12.7.